The van der Waals surface area contributed by atoms with Crippen LogP contribution in [0.4, 0.5) is 4.79 Å². The number of nitrogens with one attached hydrogen (secondary N) is 2. The Balaban J connectivity index is 1.77. The summed E-state index contributed by atoms with van der Waals surface area (Å²) < 4.78 is 5.25. The lowest BCUT2D eigenvalue weighted by Crippen LogP contribution is -2.51. The van der Waals surface area contributed by atoms with E-state index in [1.807, 2.05) is 0 Å². The molecule has 0 aromatic heterocycles. The van der Waals surface area contributed by atoms with Gasteiger partial charge in [-0.25, -0.2) is 10.6 Å². The van der Waals surface area contributed by atoms with E-state index in [2.05, 4.69) is 10.7 Å². The SMILES string of the molecule is NNC(=O)CCCCCN1C(=O)NC2(CCOCC2)C1=O. The highest BCUT2D eigenvalue weighted by Crippen LogP contribution is 2.28. The van der Waals surface area contributed by atoms with Gasteiger partial charge in [0.15, 0.2) is 0 Å². The molecule has 4 amide bonds. The first-order valence-corrected chi connectivity index (χ1v) is 7.30. The summed E-state index contributed by atoms with van der Waals surface area (Å²) >= 11 is 0. The summed E-state index contributed by atoms with van der Waals surface area (Å²) in [5.74, 6) is 4.64. The third-order valence-electron chi connectivity index (χ3n) is 4.04. The maximum atomic E-state index is 12.4. The number of rotatable bonds is 6. The quantitative estimate of drug-likeness (QED) is 0.204. The van der Waals surface area contributed by atoms with Gasteiger partial charge in [-0.3, -0.25) is 19.9 Å². The molecule has 0 saturated carbocycles. The highest BCUT2D eigenvalue weighted by atomic mass is 16.5. The number of nitrogens with two attached hydrogens (primary N) is 1. The van der Waals surface area contributed by atoms with Crippen LogP contribution in [0, 0.1) is 0 Å². The average Bonchev–Trinajstić information content (AvgIpc) is 2.71. The number of hydrogen-bond donors (Lipinski definition) is 3. The number of amides is 4. The Morgan fingerprint density at radius 3 is 2.67 bits per heavy atom. The van der Waals surface area contributed by atoms with Crippen molar-refractivity contribution in [1.29, 1.82) is 0 Å². The number of ether oxygens (including phenoxy) is 1. The molecule has 0 aliphatic carbocycles. The molecule has 2 rings (SSSR count). The molecule has 0 atom stereocenters. The summed E-state index contributed by atoms with van der Waals surface area (Å²) in [5.41, 5.74) is 1.32. The third-order valence-corrected chi connectivity index (χ3v) is 4.04. The van der Waals surface area contributed by atoms with E-state index >= 15 is 0 Å². The lowest BCUT2D eigenvalue weighted by Gasteiger charge is -2.30. The van der Waals surface area contributed by atoms with Gasteiger partial charge in [0.1, 0.15) is 5.54 Å². The highest BCUT2D eigenvalue weighted by molar-refractivity contribution is 6.07. The highest BCUT2D eigenvalue weighted by Gasteiger charge is 2.51. The molecule has 2 saturated heterocycles. The van der Waals surface area contributed by atoms with Crippen molar-refractivity contribution in [1.82, 2.24) is 15.6 Å². The van der Waals surface area contributed by atoms with Gasteiger partial charge in [0.25, 0.3) is 5.91 Å². The maximum Gasteiger partial charge on any atom is 0.325 e. The first-order chi connectivity index (χ1) is 10.1. The van der Waals surface area contributed by atoms with Crippen LogP contribution in [-0.4, -0.2) is 48.0 Å². The van der Waals surface area contributed by atoms with Crippen LogP contribution in [0.25, 0.3) is 0 Å². The molecule has 0 bridgehead atoms. The number of carbonyl (C=O) groups excluding carboxylic acids is 3. The van der Waals surface area contributed by atoms with Crippen molar-refractivity contribution in [3.8, 4) is 0 Å². The summed E-state index contributed by atoms with van der Waals surface area (Å²) in [7, 11) is 0. The van der Waals surface area contributed by atoms with E-state index in [1.54, 1.807) is 0 Å². The van der Waals surface area contributed by atoms with E-state index in [4.69, 9.17) is 10.6 Å². The van der Waals surface area contributed by atoms with Gasteiger partial charge in [0.05, 0.1) is 0 Å². The van der Waals surface area contributed by atoms with Crippen LogP contribution in [0.3, 0.4) is 0 Å². The minimum Gasteiger partial charge on any atom is -0.381 e. The molecular weight excluding hydrogens is 276 g/mol. The smallest absolute Gasteiger partial charge is 0.325 e. The third kappa shape index (κ3) is 3.51. The van der Waals surface area contributed by atoms with E-state index < -0.39 is 5.54 Å². The van der Waals surface area contributed by atoms with Gasteiger partial charge in [0.2, 0.25) is 5.91 Å². The molecule has 4 N–H and O–H groups in total. The van der Waals surface area contributed by atoms with Gasteiger partial charge in [-0.15, -0.1) is 0 Å². The van der Waals surface area contributed by atoms with Gasteiger partial charge < -0.3 is 10.1 Å². The number of hydrogen-bond acceptors (Lipinski definition) is 5. The van der Waals surface area contributed by atoms with Gasteiger partial charge in [-0.2, -0.15) is 0 Å². The summed E-state index contributed by atoms with van der Waals surface area (Å²) in [6.45, 7) is 1.37. The first kappa shape index (κ1) is 15.7. The van der Waals surface area contributed by atoms with Crippen LogP contribution in [-0.2, 0) is 14.3 Å². The number of urea groups is 1. The number of carbonyl (C=O) groups is 3. The molecule has 0 radical (unpaired) electrons. The maximum absolute atomic E-state index is 12.4. The predicted molar refractivity (Wildman–Crippen MR) is 73.8 cm³/mol. The van der Waals surface area contributed by atoms with Crippen molar-refractivity contribution < 1.29 is 19.1 Å². The average molecular weight is 298 g/mol. The molecule has 8 heteroatoms. The molecule has 2 aliphatic rings. The fraction of sp³-hybridized carbons (Fsp3) is 0.769. The van der Waals surface area contributed by atoms with Crippen LogP contribution < -0.4 is 16.6 Å². The Morgan fingerprint density at radius 1 is 1.29 bits per heavy atom. The Labute approximate surface area is 123 Å². The van der Waals surface area contributed by atoms with E-state index in [9.17, 15) is 14.4 Å². The Hall–Kier alpha value is -1.67. The minimum atomic E-state index is -0.755. The van der Waals surface area contributed by atoms with E-state index in [0.29, 0.717) is 51.9 Å². The zero-order chi connectivity index (χ0) is 15.3. The number of unbranched alkanes of at least 4 members (excludes halogenated alkanes) is 2. The molecule has 21 heavy (non-hydrogen) atoms. The standard InChI is InChI=1S/C13H22N4O4/c14-16-10(18)4-2-1-3-7-17-11(19)13(15-12(17)20)5-8-21-9-6-13/h1-9,14H2,(H,15,20)(H,16,18). The number of imide groups is 1. The molecule has 2 fully saturated rings. The largest absolute Gasteiger partial charge is 0.381 e. The molecule has 118 valence electrons. The van der Waals surface area contributed by atoms with Crippen LogP contribution in [0.15, 0.2) is 0 Å². The van der Waals surface area contributed by atoms with Crippen molar-refractivity contribution in [2.75, 3.05) is 19.8 Å². The normalized spacial score (nSPS) is 20.7. The Bertz CT molecular complexity index is 420. The summed E-state index contributed by atoms with van der Waals surface area (Å²) in [6, 6.07) is -0.318. The molecule has 0 aromatic carbocycles. The van der Waals surface area contributed by atoms with Crippen molar-refractivity contribution >= 4 is 17.8 Å². The van der Waals surface area contributed by atoms with Crippen molar-refractivity contribution in [3.63, 3.8) is 0 Å². The van der Waals surface area contributed by atoms with E-state index in [1.165, 1.54) is 4.90 Å². The Morgan fingerprint density at radius 2 is 2.00 bits per heavy atom. The summed E-state index contributed by atoms with van der Waals surface area (Å²) in [5, 5.41) is 2.81. The van der Waals surface area contributed by atoms with Crippen LogP contribution >= 0.6 is 0 Å². The number of hydrazine groups is 1. The molecule has 2 aliphatic heterocycles. The second kappa shape index (κ2) is 6.86. The fourth-order valence-electron chi connectivity index (χ4n) is 2.74. The number of nitrogens with zero attached hydrogens (tertiary/aromatic N) is 1. The van der Waals surface area contributed by atoms with Gasteiger partial charge in [0, 0.05) is 39.0 Å². The second-order valence-corrected chi connectivity index (χ2v) is 5.46. The Kier molecular flexibility index (Phi) is 5.13. The molecule has 0 unspecified atom stereocenters. The van der Waals surface area contributed by atoms with Gasteiger partial charge >= 0.3 is 6.03 Å². The molecular formula is C13H22N4O4. The molecule has 1 spiro atoms. The fourth-order valence-corrected chi connectivity index (χ4v) is 2.74. The van der Waals surface area contributed by atoms with Crippen molar-refractivity contribution in [2.24, 2.45) is 5.84 Å². The molecule has 0 aromatic rings. The zero-order valence-electron chi connectivity index (χ0n) is 12.0. The monoisotopic (exact) mass is 298 g/mol. The van der Waals surface area contributed by atoms with Crippen molar-refractivity contribution in [2.45, 2.75) is 44.1 Å². The zero-order valence-corrected chi connectivity index (χ0v) is 12.0. The lowest BCUT2D eigenvalue weighted by atomic mass is 9.90. The van der Waals surface area contributed by atoms with Crippen LogP contribution in [0.5, 0.6) is 0 Å². The lowest BCUT2D eigenvalue weighted by molar-refractivity contribution is -0.134. The van der Waals surface area contributed by atoms with Crippen LogP contribution in [0.1, 0.15) is 38.5 Å². The first-order valence-electron chi connectivity index (χ1n) is 7.30. The molecule has 8 nitrogen and oxygen atoms in total. The topological polar surface area (TPSA) is 114 Å². The second-order valence-electron chi connectivity index (χ2n) is 5.46. The minimum absolute atomic E-state index is 0.143. The summed E-state index contributed by atoms with van der Waals surface area (Å²) in [6.07, 6.45) is 3.56. The van der Waals surface area contributed by atoms with Crippen LogP contribution in [0.2, 0.25) is 0 Å². The molecule has 2 heterocycles. The predicted octanol–water partition coefficient (Wildman–Crippen LogP) is -0.362. The van der Waals surface area contributed by atoms with E-state index in [0.717, 1.165) is 6.42 Å². The van der Waals surface area contributed by atoms with E-state index in [-0.39, 0.29) is 17.8 Å². The summed E-state index contributed by atoms with van der Waals surface area (Å²) in [4.78, 5) is 36.6. The van der Waals surface area contributed by atoms with Crippen molar-refractivity contribution in [3.05, 3.63) is 0 Å². The van der Waals surface area contributed by atoms with Gasteiger partial charge in [-0.05, 0) is 12.8 Å². The van der Waals surface area contributed by atoms with Gasteiger partial charge in [-0.1, -0.05) is 6.42 Å².